The van der Waals surface area contributed by atoms with Crippen molar-refractivity contribution < 1.29 is 9.90 Å². The van der Waals surface area contributed by atoms with Crippen LogP contribution in [0.5, 0.6) is 0 Å². The second-order valence-electron chi connectivity index (χ2n) is 8.09. The molecular weight excluding hydrogens is 340 g/mol. The standard InChI is InChI=1S/C21H28N4O2/c1-23-11-6-9-21(20(26)27)10-12-25(15-18(21)23)14-17-13-24(2)22-19(17)16-7-4-3-5-8-16/h3-5,7-8,13,18H,6,9-12,14-15H2,1-2H3,(H,26,27)/t18-,21+/m1/s1. The Hall–Kier alpha value is -2.18. The minimum Gasteiger partial charge on any atom is -0.481 e. The van der Waals surface area contributed by atoms with E-state index in [0.29, 0.717) is 0 Å². The van der Waals surface area contributed by atoms with Crippen LogP contribution in [-0.2, 0) is 18.4 Å². The molecule has 1 N–H and O–H groups in total. The van der Waals surface area contributed by atoms with Gasteiger partial charge in [0.05, 0.1) is 11.1 Å². The van der Waals surface area contributed by atoms with Crippen LogP contribution in [0.2, 0.25) is 0 Å². The summed E-state index contributed by atoms with van der Waals surface area (Å²) in [6.45, 7) is 3.40. The van der Waals surface area contributed by atoms with Crippen molar-refractivity contribution in [1.82, 2.24) is 19.6 Å². The number of aromatic nitrogens is 2. The van der Waals surface area contributed by atoms with Crippen molar-refractivity contribution in [1.29, 1.82) is 0 Å². The normalized spacial score (nSPS) is 26.7. The number of aliphatic carboxylic acids is 1. The summed E-state index contributed by atoms with van der Waals surface area (Å²) in [4.78, 5) is 16.8. The molecule has 2 atom stereocenters. The van der Waals surface area contributed by atoms with Gasteiger partial charge in [0, 0.05) is 43.5 Å². The number of aryl methyl sites for hydroxylation is 1. The number of carbonyl (C=O) groups is 1. The van der Waals surface area contributed by atoms with Gasteiger partial charge in [-0.25, -0.2) is 0 Å². The Labute approximate surface area is 160 Å². The molecule has 0 aliphatic carbocycles. The van der Waals surface area contributed by atoms with Crippen LogP contribution in [0.15, 0.2) is 36.5 Å². The number of rotatable bonds is 4. The van der Waals surface area contributed by atoms with Gasteiger partial charge in [0.25, 0.3) is 0 Å². The van der Waals surface area contributed by atoms with E-state index in [4.69, 9.17) is 0 Å². The van der Waals surface area contributed by atoms with Gasteiger partial charge in [-0.15, -0.1) is 0 Å². The Balaban J connectivity index is 1.56. The quantitative estimate of drug-likeness (QED) is 0.898. The topological polar surface area (TPSA) is 61.6 Å². The first-order valence-corrected chi connectivity index (χ1v) is 9.73. The lowest BCUT2D eigenvalue weighted by molar-refractivity contribution is -0.162. The Bertz CT molecular complexity index is 819. The van der Waals surface area contributed by atoms with E-state index in [0.717, 1.165) is 56.7 Å². The fourth-order valence-electron chi connectivity index (χ4n) is 4.92. The van der Waals surface area contributed by atoms with Crippen molar-refractivity contribution in [3.63, 3.8) is 0 Å². The van der Waals surface area contributed by atoms with Crippen LogP contribution in [-0.4, -0.2) is 63.4 Å². The molecule has 0 spiro atoms. The number of fused-ring (bicyclic) bond motifs is 1. The van der Waals surface area contributed by atoms with Gasteiger partial charge in [-0.2, -0.15) is 5.10 Å². The SMILES string of the molecule is CN1CCC[C@]2(C(=O)O)CCN(Cc3cn(C)nc3-c3ccccc3)C[C@@H]12. The van der Waals surface area contributed by atoms with Gasteiger partial charge < -0.3 is 10.0 Å². The van der Waals surface area contributed by atoms with Gasteiger partial charge >= 0.3 is 5.97 Å². The molecular formula is C21H28N4O2. The van der Waals surface area contributed by atoms with E-state index in [-0.39, 0.29) is 6.04 Å². The van der Waals surface area contributed by atoms with Gasteiger partial charge in [-0.05, 0) is 39.4 Å². The third-order valence-electron chi connectivity index (χ3n) is 6.38. The number of carboxylic acids is 1. The third-order valence-corrected chi connectivity index (χ3v) is 6.38. The Morgan fingerprint density at radius 2 is 2.00 bits per heavy atom. The minimum absolute atomic E-state index is 0.0781. The van der Waals surface area contributed by atoms with Crippen LogP contribution in [0.3, 0.4) is 0 Å². The number of hydrogen-bond donors (Lipinski definition) is 1. The summed E-state index contributed by atoms with van der Waals surface area (Å²) in [5, 5.41) is 14.6. The maximum absolute atomic E-state index is 12.1. The highest BCUT2D eigenvalue weighted by Gasteiger charge is 2.52. The number of likely N-dealkylation sites (tertiary alicyclic amines) is 2. The maximum Gasteiger partial charge on any atom is 0.311 e. The predicted octanol–water partition coefficient (Wildman–Crippen LogP) is 2.46. The highest BCUT2D eigenvalue weighted by Crippen LogP contribution is 2.42. The number of piperidine rings is 2. The van der Waals surface area contributed by atoms with Crippen LogP contribution < -0.4 is 0 Å². The van der Waals surface area contributed by atoms with Gasteiger partial charge in [-0.1, -0.05) is 30.3 Å². The average Bonchev–Trinajstić information content (AvgIpc) is 3.03. The summed E-state index contributed by atoms with van der Waals surface area (Å²) in [6.07, 6.45) is 4.58. The number of nitrogens with zero attached hydrogens (tertiary/aromatic N) is 4. The first kappa shape index (κ1) is 18.2. The molecule has 6 nitrogen and oxygen atoms in total. The second kappa shape index (κ2) is 7.09. The molecule has 1 aromatic carbocycles. The van der Waals surface area contributed by atoms with Crippen LogP contribution in [0, 0.1) is 5.41 Å². The molecule has 6 heteroatoms. The Kier molecular flexibility index (Phi) is 4.78. The fourth-order valence-corrected chi connectivity index (χ4v) is 4.92. The minimum atomic E-state index is -0.620. The van der Waals surface area contributed by atoms with E-state index < -0.39 is 11.4 Å². The summed E-state index contributed by atoms with van der Waals surface area (Å²) < 4.78 is 1.87. The smallest absolute Gasteiger partial charge is 0.311 e. The molecule has 0 radical (unpaired) electrons. The van der Waals surface area contributed by atoms with Crippen LogP contribution in [0.4, 0.5) is 0 Å². The van der Waals surface area contributed by atoms with Crippen molar-refractivity contribution in [2.24, 2.45) is 12.5 Å². The first-order chi connectivity index (χ1) is 13.0. The van der Waals surface area contributed by atoms with Gasteiger partial charge in [0.1, 0.15) is 0 Å². The number of carboxylic acid groups (broad SMARTS) is 1. The molecule has 0 bridgehead atoms. The van der Waals surface area contributed by atoms with E-state index in [1.54, 1.807) is 0 Å². The molecule has 0 unspecified atom stereocenters. The largest absolute Gasteiger partial charge is 0.481 e. The predicted molar refractivity (Wildman–Crippen MR) is 104 cm³/mol. The van der Waals surface area contributed by atoms with Crippen molar-refractivity contribution in [2.75, 3.05) is 26.7 Å². The number of likely N-dealkylation sites (N-methyl/N-ethyl adjacent to an activating group) is 1. The van der Waals surface area contributed by atoms with Crippen molar-refractivity contribution in [3.8, 4) is 11.3 Å². The van der Waals surface area contributed by atoms with E-state index >= 15 is 0 Å². The van der Waals surface area contributed by atoms with Crippen LogP contribution >= 0.6 is 0 Å². The molecule has 2 aliphatic heterocycles. The highest BCUT2D eigenvalue weighted by molar-refractivity contribution is 5.76. The molecule has 27 heavy (non-hydrogen) atoms. The fraction of sp³-hybridized carbons (Fsp3) is 0.524. The lowest BCUT2D eigenvalue weighted by Gasteiger charge is -2.51. The highest BCUT2D eigenvalue weighted by atomic mass is 16.4. The van der Waals surface area contributed by atoms with Gasteiger partial charge in [-0.3, -0.25) is 14.4 Å². The number of hydrogen-bond acceptors (Lipinski definition) is 4. The first-order valence-electron chi connectivity index (χ1n) is 9.73. The molecule has 0 saturated carbocycles. The Morgan fingerprint density at radius 1 is 1.22 bits per heavy atom. The molecule has 2 aliphatic rings. The third kappa shape index (κ3) is 3.28. The van der Waals surface area contributed by atoms with Gasteiger partial charge in [0.15, 0.2) is 0 Å². The molecule has 2 aromatic rings. The molecule has 1 aromatic heterocycles. The molecule has 4 rings (SSSR count). The summed E-state index contributed by atoms with van der Waals surface area (Å²) in [7, 11) is 4.03. The summed E-state index contributed by atoms with van der Waals surface area (Å²) in [5.41, 5.74) is 2.76. The monoisotopic (exact) mass is 368 g/mol. The van der Waals surface area contributed by atoms with Crippen molar-refractivity contribution in [2.45, 2.75) is 31.8 Å². The van der Waals surface area contributed by atoms with Crippen molar-refractivity contribution >= 4 is 5.97 Å². The maximum atomic E-state index is 12.1. The van der Waals surface area contributed by atoms with Crippen molar-refractivity contribution in [3.05, 3.63) is 42.1 Å². The van der Waals surface area contributed by atoms with E-state index in [1.165, 1.54) is 5.56 Å². The number of benzene rings is 1. The zero-order chi connectivity index (χ0) is 19.0. The zero-order valence-electron chi connectivity index (χ0n) is 16.1. The van der Waals surface area contributed by atoms with E-state index in [2.05, 4.69) is 40.3 Å². The Morgan fingerprint density at radius 3 is 2.74 bits per heavy atom. The molecule has 144 valence electrons. The van der Waals surface area contributed by atoms with Crippen LogP contribution in [0.1, 0.15) is 24.8 Å². The molecule has 2 saturated heterocycles. The average molecular weight is 368 g/mol. The summed E-state index contributed by atoms with van der Waals surface area (Å²) in [5.74, 6) is -0.620. The summed E-state index contributed by atoms with van der Waals surface area (Å²) >= 11 is 0. The zero-order valence-corrected chi connectivity index (χ0v) is 16.1. The second-order valence-corrected chi connectivity index (χ2v) is 8.09. The lowest BCUT2D eigenvalue weighted by atomic mass is 9.68. The lowest BCUT2D eigenvalue weighted by Crippen LogP contribution is -2.62. The molecule has 3 heterocycles. The van der Waals surface area contributed by atoms with Gasteiger partial charge in [0.2, 0.25) is 0 Å². The van der Waals surface area contributed by atoms with Crippen LogP contribution in [0.25, 0.3) is 11.3 Å². The molecule has 0 amide bonds. The van der Waals surface area contributed by atoms with E-state index in [9.17, 15) is 9.90 Å². The summed E-state index contributed by atoms with van der Waals surface area (Å²) in [6, 6.07) is 10.3. The van der Waals surface area contributed by atoms with E-state index in [1.807, 2.05) is 29.9 Å². The molecule has 2 fully saturated rings.